The summed E-state index contributed by atoms with van der Waals surface area (Å²) >= 11 is 0. The number of anilines is 1. The molecule has 2 N–H and O–H groups in total. The smallest absolute Gasteiger partial charge is 0.116 e. The maximum atomic E-state index is 4.74. The van der Waals surface area contributed by atoms with Gasteiger partial charge in [0.05, 0.1) is 23.1 Å². The lowest BCUT2D eigenvalue weighted by Crippen LogP contribution is -2.44. The lowest BCUT2D eigenvalue weighted by Gasteiger charge is -2.34. The minimum atomic E-state index is 0.917. The number of benzene rings is 1. The second-order valence-corrected chi connectivity index (χ2v) is 10.5. The molecule has 188 valence electrons. The highest BCUT2D eigenvalue weighted by molar-refractivity contribution is 6.00. The number of aromatic nitrogens is 5. The minimum Gasteiger partial charge on any atom is -0.368 e. The second-order valence-electron chi connectivity index (χ2n) is 10.5. The number of rotatable bonds is 5. The zero-order valence-corrected chi connectivity index (χ0v) is 21.2. The summed E-state index contributed by atoms with van der Waals surface area (Å²) in [7, 11) is 2.19. The number of fused-ring (bicyclic) bond motifs is 2. The average molecular weight is 493 g/mol. The number of nitrogens with zero attached hydrogens (tertiary/aromatic N) is 6. The number of H-pyrrole nitrogens is 2. The average Bonchev–Trinajstić information content (AvgIpc) is 3.68. The number of hydrogen-bond acceptors (Lipinski definition) is 6. The van der Waals surface area contributed by atoms with Crippen molar-refractivity contribution in [2.24, 2.45) is 0 Å². The molecule has 2 aliphatic rings. The Morgan fingerprint density at radius 3 is 2.59 bits per heavy atom. The molecule has 0 radical (unpaired) electrons. The highest BCUT2D eigenvalue weighted by Gasteiger charge is 2.19. The van der Waals surface area contributed by atoms with E-state index in [4.69, 9.17) is 10.1 Å². The van der Waals surface area contributed by atoms with E-state index < -0.39 is 0 Å². The molecular formula is C29H32N8. The van der Waals surface area contributed by atoms with Crippen molar-refractivity contribution < 1.29 is 0 Å². The van der Waals surface area contributed by atoms with Gasteiger partial charge in [0, 0.05) is 72.7 Å². The van der Waals surface area contributed by atoms with E-state index in [0.717, 1.165) is 71.8 Å². The lowest BCUT2D eigenvalue weighted by molar-refractivity contribution is 0.313. The standard InChI is InChI=1S/C29H32N8/c1-35-9-11-37(12-10-35)28-6-4-5-24-22(28)14-26(32-24)29-23-15-25(31-18-27(23)33-34-29)21-13-20(16-30-17-21)19-36-7-2-3-8-36/h4-6,13-18,32H,2-3,7-12,19H2,1H3,(H,33,34). The molecule has 0 bridgehead atoms. The molecular weight excluding hydrogens is 460 g/mol. The second kappa shape index (κ2) is 9.28. The number of hydrogen-bond donors (Lipinski definition) is 2. The predicted molar refractivity (Wildman–Crippen MR) is 149 cm³/mol. The SMILES string of the molecule is CN1CCN(c2cccc3[nH]c(-c4n[nH]c5cnc(-c6cncc(CN7CCCC7)c6)cc45)cc23)CC1. The van der Waals surface area contributed by atoms with E-state index in [2.05, 4.69) is 73.2 Å². The highest BCUT2D eigenvalue weighted by Crippen LogP contribution is 2.34. The van der Waals surface area contributed by atoms with Gasteiger partial charge < -0.3 is 14.8 Å². The summed E-state index contributed by atoms with van der Waals surface area (Å²) in [5.74, 6) is 0. The number of piperazine rings is 1. The molecule has 37 heavy (non-hydrogen) atoms. The molecule has 0 aliphatic carbocycles. The first-order chi connectivity index (χ1) is 18.2. The van der Waals surface area contributed by atoms with Gasteiger partial charge in [-0.3, -0.25) is 20.0 Å². The number of likely N-dealkylation sites (tertiary alicyclic amines) is 1. The monoisotopic (exact) mass is 492 g/mol. The fourth-order valence-corrected chi connectivity index (χ4v) is 5.78. The Kier molecular flexibility index (Phi) is 5.63. The van der Waals surface area contributed by atoms with Gasteiger partial charge in [-0.25, -0.2) is 0 Å². The molecule has 5 aromatic rings. The van der Waals surface area contributed by atoms with Crippen molar-refractivity contribution in [2.45, 2.75) is 19.4 Å². The maximum Gasteiger partial charge on any atom is 0.116 e. The highest BCUT2D eigenvalue weighted by atomic mass is 15.2. The van der Waals surface area contributed by atoms with Gasteiger partial charge >= 0.3 is 0 Å². The van der Waals surface area contributed by atoms with Crippen LogP contribution in [-0.2, 0) is 6.54 Å². The number of likely N-dealkylation sites (N-methyl/N-ethyl adjacent to an activating group) is 1. The van der Waals surface area contributed by atoms with Gasteiger partial charge in [-0.2, -0.15) is 5.10 Å². The summed E-state index contributed by atoms with van der Waals surface area (Å²) in [6.07, 6.45) is 8.35. The molecule has 0 amide bonds. The molecule has 8 heteroatoms. The van der Waals surface area contributed by atoms with Gasteiger partial charge in [-0.05, 0) is 68.9 Å². The summed E-state index contributed by atoms with van der Waals surface area (Å²) in [5.41, 5.74) is 8.48. The molecule has 2 fully saturated rings. The molecule has 8 nitrogen and oxygen atoms in total. The van der Waals surface area contributed by atoms with Crippen molar-refractivity contribution in [1.82, 2.24) is 34.9 Å². The first kappa shape index (κ1) is 22.4. The number of aromatic amines is 2. The minimum absolute atomic E-state index is 0.917. The van der Waals surface area contributed by atoms with Crippen LogP contribution in [0, 0.1) is 0 Å². The van der Waals surface area contributed by atoms with Gasteiger partial charge in [0.2, 0.25) is 0 Å². The predicted octanol–water partition coefficient (Wildman–Crippen LogP) is 4.52. The molecule has 2 aliphatic heterocycles. The van der Waals surface area contributed by atoms with Crippen LogP contribution in [0.5, 0.6) is 0 Å². The Hall–Kier alpha value is -3.75. The van der Waals surface area contributed by atoms with E-state index in [-0.39, 0.29) is 0 Å². The Morgan fingerprint density at radius 1 is 0.865 bits per heavy atom. The van der Waals surface area contributed by atoms with Crippen molar-refractivity contribution in [3.05, 3.63) is 60.6 Å². The molecule has 6 heterocycles. The molecule has 1 aromatic carbocycles. The summed E-state index contributed by atoms with van der Waals surface area (Å²) in [6.45, 7) is 7.55. The van der Waals surface area contributed by atoms with Crippen LogP contribution < -0.4 is 4.90 Å². The van der Waals surface area contributed by atoms with Gasteiger partial charge in [-0.15, -0.1) is 0 Å². The van der Waals surface area contributed by atoms with Gasteiger partial charge in [0.15, 0.2) is 0 Å². The van der Waals surface area contributed by atoms with Crippen molar-refractivity contribution in [3.63, 3.8) is 0 Å². The van der Waals surface area contributed by atoms with Crippen molar-refractivity contribution in [2.75, 3.05) is 51.2 Å². The van der Waals surface area contributed by atoms with E-state index >= 15 is 0 Å². The summed E-state index contributed by atoms with van der Waals surface area (Å²) in [5, 5.41) is 10.2. The van der Waals surface area contributed by atoms with Gasteiger partial charge in [0.1, 0.15) is 5.69 Å². The van der Waals surface area contributed by atoms with Gasteiger partial charge in [-0.1, -0.05) is 6.07 Å². The molecule has 0 saturated carbocycles. The molecule has 7 rings (SSSR count). The Morgan fingerprint density at radius 2 is 1.73 bits per heavy atom. The van der Waals surface area contributed by atoms with Gasteiger partial charge in [0.25, 0.3) is 0 Å². The van der Waals surface area contributed by atoms with Crippen LogP contribution in [0.15, 0.2) is 55.0 Å². The summed E-state index contributed by atoms with van der Waals surface area (Å²) in [4.78, 5) is 20.3. The largest absolute Gasteiger partial charge is 0.368 e. The Balaban J connectivity index is 1.24. The van der Waals surface area contributed by atoms with Crippen molar-refractivity contribution in [3.8, 4) is 22.6 Å². The zero-order chi connectivity index (χ0) is 24.8. The number of pyridine rings is 2. The topological polar surface area (TPSA) is 80.0 Å². The maximum absolute atomic E-state index is 4.74. The summed E-state index contributed by atoms with van der Waals surface area (Å²) < 4.78 is 0. The van der Waals surface area contributed by atoms with Crippen LogP contribution >= 0.6 is 0 Å². The molecule has 2 saturated heterocycles. The quantitative estimate of drug-likeness (QED) is 0.376. The van der Waals surface area contributed by atoms with E-state index in [1.54, 1.807) is 0 Å². The van der Waals surface area contributed by atoms with Crippen LogP contribution in [0.4, 0.5) is 5.69 Å². The molecule has 4 aromatic heterocycles. The third-order valence-electron chi connectivity index (χ3n) is 7.88. The molecule has 0 unspecified atom stereocenters. The Bertz CT molecular complexity index is 1550. The first-order valence-corrected chi connectivity index (χ1v) is 13.3. The van der Waals surface area contributed by atoms with Crippen LogP contribution in [0.25, 0.3) is 44.5 Å². The zero-order valence-electron chi connectivity index (χ0n) is 21.2. The number of nitrogens with one attached hydrogen (secondary N) is 2. The van der Waals surface area contributed by atoms with Crippen molar-refractivity contribution in [1.29, 1.82) is 0 Å². The van der Waals surface area contributed by atoms with Crippen LogP contribution in [0.3, 0.4) is 0 Å². The van der Waals surface area contributed by atoms with Crippen LogP contribution in [0.1, 0.15) is 18.4 Å². The molecule has 0 atom stereocenters. The van der Waals surface area contributed by atoms with Crippen LogP contribution in [-0.4, -0.2) is 81.3 Å². The fourth-order valence-electron chi connectivity index (χ4n) is 5.78. The third-order valence-corrected chi connectivity index (χ3v) is 7.88. The van der Waals surface area contributed by atoms with E-state index in [9.17, 15) is 0 Å². The normalized spacial score (nSPS) is 17.4. The summed E-state index contributed by atoms with van der Waals surface area (Å²) in [6, 6.07) is 13.1. The van der Waals surface area contributed by atoms with E-state index in [1.807, 2.05) is 18.6 Å². The van der Waals surface area contributed by atoms with Crippen LogP contribution in [0.2, 0.25) is 0 Å². The van der Waals surface area contributed by atoms with E-state index in [0.29, 0.717) is 0 Å². The fraction of sp³-hybridized carbons (Fsp3) is 0.345. The van der Waals surface area contributed by atoms with Crippen molar-refractivity contribution >= 4 is 27.5 Å². The lowest BCUT2D eigenvalue weighted by atomic mass is 10.1. The molecule has 0 spiro atoms. The van der Waals surface area contributed by atoms with E-state index in [1.165, 1.54) is 42.6 Å². The third kappa shape index (κ3) is 4.26. The first-order valence-electron chi connectivity index (χ1n) is 13.3. The Labute approximate surface area is 216 Å².